The average Bonchev–Trinajstić information content (AvgIpc) is 2.33. The van der Waals surface area contributed by atoms with Crippen molar-refractivity contribution in [2.24, 2.45) is 0 Å². The minimum absolute atomic E-state index is 0.737. The van der Waals surface area contributed by atoms with Crippen molar-refractivity contribution >= 4 is 11.8 Å². The number of nitrogens with zero attached hydrogens (tertiary/aromatic N) is 1. The fraction of sp³-hybridized carbons (Fsp3) is 0.615. The van der Waals surface area contributed by atoms with Gasteiger partial charge in [0.25, 0.3) is 0 Å². The van der Waals surface area contributed by atoms with E-state index in [1.165, 1.54) is 35.5 Å². The van der Waals surface area contributed by atoms with E-state index < -0.39 is 0 Å². The molecule has 2 nitrogen and oxygen atoms in total. The molecule has 0 bridgehead atoms. The largest absolute Gasteiger partial charge is 0.313 e. The lowest BCUT2D eigenvalue weighted by molar-refractivity contribution is 0.511. The fourth-order valence-corrected chi connectivity index (χ4v) is 3.20. The highest BCUT2D eigenvalue weighted by molar-refractivity contribution is 7.99. The van der Waals surface area contributed by atoms with Gasteiger partial charge in [-0.15, -0.1) is 0 Å². The highest BCUT2D eigenvalue weighted by atomic mass is 32.2. The van der Waals surface area contributed by atoms with E-state index in [4.69, 9.17) is 0 Å². The van der Waals surface area contributed by atoms with E-state index >= 15 is 0 Å². The third-order valence-corrected chi connectivity index (χ3v) is 4.34. The van der Waals surface area contributed by atoms with E-state index in [0.29, 0.717) is 0 Å². The van der Waals surface area contributed by atoms with Crippen LogP contribution in [0.4, 0.5) is 0 Å². The van der Waals surface area contributed by atoms with Crippen LogP contribution >= 0.6 is 11.8 Å². The first-order valence-corrected chi connectivity index (χ1v) is 7.22. The van der Waals surface area contributed by atoms with Gasteiger partial charge in [-0.2, -0.15) is 11.8 Å². The molecule has 1 aliphatic rings. The number of thioether (sulfide) groups is 1. The first-order valence-electron chi connectivity index (χ1n) is 6.07. The van der Waals surface area contributed by atoms with Crippen molar-refractivity contribution in [3.8, 4) is 0 Å². The molecule has 1 saturated heterocycles. The Labute approximate surface area is 102 Å². The van der Waals surface area contributed by atoms with E-state index in [-0.39, 0.29) is 0 Å². The third-order valence-electron chi connectivity index (χ3n) is 3.12. The lowest BCUT2D eigenvalue weighted by Gasteiger charge is -2.22. The summed E-state index contributed by atoms with van der Waals surface area (Å²) in [5.74, 6) is 2.64. The first-order chi connectivity index (χ1) is 7.86. The monoisotopic (exact) mass is 236 g/mol. The van der Waals surface area contributed by atoms with Gasteiger partial charge in [0, 0.05) is 24.2 Å². The number of rotatable bonds is 4. The molecular formula is C13H20N2S. The molecule has 0 amide bonds. The summed E-state index contributed by atoms with van der Waals surface area (Å²) in [6.07, 6.45) is 7.68. The normalized spacial score (nSPS) is 20.9. The topological polar surface area (TPSA) is 24.9 Å². The van der Waals surface area contributed by atoms with Crippen LogP contribution in [0.2, 0.25) is 0 Å². The maximum absolute atomic E-state index is 4.12. The number of hydrogen-bond donors (Lipinski definition) is 1. The summed E-state index contributed by atoms with van der Waals surface area (Å²) in [7, 11) is 0. The minimum atomic E-state index is 0.737. The molecule has 3 heteroatoms. The van der Waals surface area contributed by atoms with Gasteiger partial charge < -0.3 is 5.32 Å². The standard InChI is InChI=1S/C13H20N2S/c1-11-9-14-6-4-12(11)5-7-15-13-3-2-8-16-10-13/h4,6,9,13,15H,2-3,5,7-8,10H2,1H3/t13-/m0/s1. The SMILES string of the molecule is Cc1cnccc1CCN[C@H]1CCCSC1. The molecule has 2 heterocycles. The Morgan fingerprint density at radius 3 is 3.25 bits per heavy atom. The van der Waals surface area contributed by atoms with Gasteiger partial charge in [-0.3, -0.25) is 4.98 Å². The van der Waals surface area contributed by atoms with Crippen molar-refractivity contribution in [1.29, 1.82) is 0 Å². The highest BCUT2D eigenvalue weighted by Gasteiger charge is 2.12. The number of aromatic nitrogens is 1. The number of aryl methyl sites for hydroxylation is 1. The van der Waals surface area contributed by atoms with E-state index in [9.17, 15) is 0 Å². The van der Waals surface area contributed by atoms with Crippen molar-refractivity contribution in [3.63, 3.8) is 0 Å². The molecule has 1 aromatic rings. The zero-order chi connectivity index (χ0) is 11.2. The summed E-state index contributed by atoms with van der Waals surface area (Å²) in [5, 5.41) is 3.66. The predicted octanol–water partition coefficient (Wildman–Crippen LogP) is 2.42. The molecule has 0 spiro atoms. The van der Waals surface area contributed by atoms with Gasteiger partial charge in [0.2, 0.25) is 0 Å². The molecule has 1 atom stereocenters. The van der Waals surface area contributed by atoms with Crippen molar-refractivity contribution in [3.05, 3.63) is 29.6 Å². The van der Waals surface area contributed by atoms with Gasteiger partial charge in [-0.25, -0.2) is 0 Å². The molecule has 0 unspecified atom stereocenters. The van der Waals surface area contributed by atoms with Crippen LogP contribution in [-0.2, 0) is 6.42 Å². The molecular weight excluding hydrogens is 216 g/mol. The maximum atomic E-state index is 4.12. The Balaban J connectivity index is 1.73. The average molecular weight is 236 g/mol. The van der Waals surface area contributed by atoms with Crippen LogP contribution in [0, 0.1) is 6.92 Å². The molecule has 1 aromatic heterocycles. The second kappa shape index (κ2) is 6.26. The molecule has 1 N–H and O–H groups in total. The summed E-state index contributed by atoms with van der Waals surface area (Å²) in [6, 6.07) is 2.87. The predicted molar refractivity (Wildman–Crippen MR) is 71.0 cm³/mol. The third kappa shape index (κ3) is 3.49. The maximum Gasteiger partial charge on any atom is 0.0299 e. The summed E-state index contributed by atoms with van der Waals surface area (Å²) >= 11 is 2.08. The Hall–Kier alpha value is -0.540. The van der Waals surface area contributed by atoms with E-state index in [1.54, 1.807) is 0 Å². The van der Waals surface area contributed by atoms with Gasteiger partial charge in [0.05, 0.1) is 0 Å². The second-order valence-corrected chi connectivity index (χ2v) is 5.57. The molecule has 1 fully saturated rings. The van der Waals surface area contributed by atoms with Crippen molar-refractivity contribution in [1.82, 2.24) is 10.3 Å². The second-order valence-electron chi connectivity index (χ2n) is 4.42. The molecule has 0 aliphatic carbocycles. The zero-order valence-electron chi connectivity index (χ0n) is 9.91. The number of hydrogen-bond acceptors (Lipinski definition) is 3. The lowest BCUT2D eigenvalue weighted by Crippen LogP contribution is -2.35. The summed E-state index contributed by atoms with van der Waals surface area (Å²) in [5.41, 5.74) is 2.73. The lowest BCUT2D eigenvalue weighted by atomic mass is 10.1. The summed E-state index contributed by atoms with van der Waals surface area (Å²) in [6.45, 7) is 3.23. The van der Waals surface area contributed by atoms with Crippen molar-refractivity contribution in [2.75, 3.05) is 18.1 Å². The minimum Gasteiger partial charge on any atom is -0.313 e. The van der Waals surface area contributed by atoms with Crippen LogP contribution < -0.4 is 5.32 Å². The van der Waals surface area contributed by atoms with Crippen LogP contribution in [0.3, 0.4) is 0 Å². The van der Waals surface area contributed by atoms with Gasteiger partial charge in [-0.1, -0.05) is 0 Å². The molecule has 2 rings (SSSR count). The highest BCUT2D eigenvalue weighted by Crippen LogP contribution is 2.16. The summed E-state index contributed by atoms with van der Waals surface area (Å²) in [4.78, 5) is 4.12. The fourth-order valence-electron chi connectivity index (χ4n) is 2.10. The van der Waals surface area contributed by atoms with Gasteiger partial charge in [0.15, 0.2) is 0 Å². The zero-order valence-corrected chi connectivity index (χ0v) is 10.7. The Bertz CT molecular complexity index is 321. The van der Waals surface area contributed by atoms with E-state index in [2.05, 4.69) is 35.1 Å². The Morgan fingerprint density at radius 1 is 1.56 bits per heavy atom. The van der Waals surface area contributed by atoms with E-state index in [1.807, 2.05) is 12.4 Å². The summed E-state index contributed by atoms with van der Waals surface area (Å²) < 4.78 is 0. The molecule has 88 valence electrons. The Kier molecular flexibility index (Phi) is 4.67. The number of nitrogens with one attached hydrogen (secondary N) is 1. The van der Waals surface area contributed by atoms with Crippen molar-refractivity contribution < 1.29 is 0 Å². The first kappa shape index (κ1) is 11.9. The van der Waals surface area contributed by atoms with Crippen LogP contribution in [-0.4, -0.2) is 29.1 Å². The molecule has 1 aliphatic heterocycles. The van der Waals surface area contributed by atoms with Crippen molar-refractivity contribution in [2.45, 2.75) is 32.2 Å². The van der Waals surface area contributed by atoms with Gasteiger partial charge in [-0.05, 0) is 55.7 Å². The molecule has 0 radical (unpaired) electrons. The van der Waals surface area contributed by atoms with Crippen LogP contribution in [0.1, 0.15) is 24.0 Å². The molecule has 16 heavy (non-hydrogen) atoms. The number of pyridine rings is 1. The molecule has 0 saturated carbocycles. The van der Waals surface area contributed by atoms with Gasteiger partial charge >= 0.3 is 0 Å². The van der Waals surface area contributed by atoms with E-state index in [0.717, 1.165) is 19.0 Å². The Morgan fingerprint density at radius 2 is 2.50 bits per heavy atom. The van der Waals surface area contributed by atoms with Crippen LogP contribution in [0.15, 0.2) is 18.5 Å². The van der Waals surface area contributed by atoms with Gasteiger partial charge in [0.1, 0.15) is 0 Å². The van der Waals surface area contributed by atoms with Crippen LogP contribution in [0.25, 0.3) is 0 Å². The van der Waals surface area contributed by atoms with Crippen LogP contribution in [0.5, 0.6) is 0 Å². The molecule has 0 aromatic carbocycles. The smallest absolute Gasteiger partial charge is 0.0299 e. The quantitative estimate of drug-likeness (QED) is 0.869.